The van der Waals surface area contributed by atoms with Gasteiger partial charge in [0.2, 0.25) is 11.4 Å². The van der Waals surface area contributed by atoms with E-state index < -0.39 is 22.8 Å². The van der Waals surface area contributed by atoms with Gasteiger partial charge >= 0.3 is 5.97 Å². The number of aromatic nitrogens is 3. The molecule has 5 N–H and O–H groups in total. The first-order chi connectivity index (χ1) is 17.7. The van der Waals surface area contributed by atoms with Crippen molar-refractivity contribution in [1.82, 2.24) is 14.5 Å². The summed E-state index contributed by atoms with van der Waals surface area (Å²) >= 11 is 0. The van der Waals surface area contributed by atoms with Crippen LogP contribution in [-0.2, 0) is 19.5 Å². The predicted octanol–water partition coefficient (Wildman–Crippen LogP) is 3.05. The van der Waals surface area contributed by atoms with Gasteiger partial charge in [0.15, 0.2) is 5.75 Å². The molecule has 0 radical (unpaired) electrons. The van der Waals surface area contributed by atoms with Gasteiger partial charge in [-0.05, 0) is 42.7 Å². The molecule has 0 saturated carbocycles. The molecule has 4 aromatic rings. The van der Waals surface area contributed by atoms with E-state index in [0.717, 1.165) is 35.8 Å². The maximum Gasteiger partial charge on any atom is 0.341 e. The maximum absolute atomic E-state index is 15.6. The SMILES string of the molecule is CCn1cc(C(=O)O)c(=O)c2cc(F)c(-c3ccc4c(c3)CCN4Cc3cnc(N)nc3N)c(OC)c21. The van der Waals surface area contributed by atoms with Gasteiger partial charge in [-0.2, -0.15) is 4.98 Å². The molecule has 0 spiro atoms. The number of nitrogens with zero attached hydrogens (tertiary/aromatic N) is 4. The van der Waals surface area contributed by atoms with E-state index in [1.807, 2.05) is 12.1 Å². The van der Waals surface area contributed by atoms with Crippen LogP contribution >= 0.6 is 0 Å². The van der Waals surface area contributed by atoms with Crippen LogP contribution in [0.4, 0.5) is 21.8 Å². The lowest BCUT2D eigenvalue weighted by Crippen LogP contribution is -2.21. The van der Waals surface area contributed by atoms with Crippen molar-refractivity contribution in [2.24, 2.45) is 0 Å². The number of anilines is 3. The van der Waals surface area contributed by atoms with Gasteiger partial charge in [0.1, 0.15) is 17.2 Å². The molecule has 3 heterocycles. The third kappa shape index (κ3) is 3.98. The zero-order valence-corrected chi connectivity index (χ0v) is 20.3. The second-order valence-corrected chi connectivity index (χ2v) is 8.78. The van der Waals surface area contributed by atoms with E-state index in [4.69, 9.17) is 16.2 Å². The minimum absolute atomic E-state index is 0.0458. The Morgan fingerprint density at radius 1 is 1.27 bits per heavy atom. The van der Waals surface area contributed by atoms with Crippen molar-refractivity contribution in [3.63, 3.8) is 0 Å². The minimum Gasteiger partial charge on any atom is -0.494 e. The Kier molecular flexibility index (Phi) is 5.90. The third-order valence-electron chi connectivity index (χ3n) is 6.68. The van der Waals surface area contributed by atoms with Gasteiger partial charge < -0.3 is 30.8 Å². The van der Waals surface area contributed by atoms with Crippen LogP contribution in [0.1, 0.15) is 28.4 Å². The summed E-state index contributed by atoms with van der Waals surface area (Å²) < 4.78 is 22.8. The van der Waals surface area contributed by atoms with Crippen molar-refractivity contribution < 1.29 is 19.0 Å². The Morgan fingerprint density at radius 3 is 2.73 bits per heavy atom. The fraction of sp³-hybridized carbons (Fsp3) is 0.231. The van der Waals surface area contributed by atoms with Gasteiger partial charge in [-0.25, -0.2) is 14.2 Å². The van der Waals surface area contributed by atoms with Crippen LogP contribution in [0.15, 0.2) is 41.5 Å². The minimum atomic E-state index is -1.37. The number of pyridine rings is 1. The van der Waals surface area contributed by atoms with Crippen LogP contribution in [0.2, 0.25) is 0 Å². The lowest BCUT2D eigenvalue weighted by molar-refractivity contribution is 0.0695. The zero-order chi connectivity index (χ0) is 26.4. The van der Waals surface area contributed by atoms with E-state index in [1.54, 1.807) is 23.8 Å². The highest BCUT2D eigenvalue weighted by Gasteiger charge is 2.26. The smallest absolute Gasteiger partial charge is 0.341 e. The molecule has 190 valence electrons. The number of nitrogens with two attached hydrogens (primary N) is 2. The molecule has 0 bridgehead atoms. The predicted molar refractivity (Wildman–Crippen MR) is 138 cm³/mol. The fourth-order valence-corrected chi connectivity index (χ4v) is 4.92. The number of methoxy groups -OCH3 is 1. The molecule has 1 aliphatic rings. The van der Waals surface area contributed by atoms with E-state index in [9.17, 15) is 14.7 Å². The average molecular weight is 505 g/mol. The number of carboxylic acid groups (broad SMARTS) is 1. The number of ether oxygens (including phenoxy) is 1. The van der Waals surface area contributed by atoms with Crippen molar-refractivity contribution in [2.75, 3.05) is 30.0 Å². The number of hydrogen-bond acceptors (Lipinski definition) is 8. The van der Waals surface area contributed by atoms with Crippen LogP contribution in [-0.4, -0.2) is 39.3 Å². The third-order valence-corrected chi connectivity index (χ3v) is 6.68. The highest BCUT2D eigenvalue weighted by Crippen LogP contribution is 2.41. The average Bonchev–Trinajstić information content (AvgIpc) is 3.27. The number of halogens is 1. The van der Waals surface area contributed by atoms with Crippen LogP contribution in [0.3, 0.4) is 0 Å². The van der Waals surface area contributed by atoms with E-state index >= 15 is 4.39 Å². The molecule has 37 heavy (non-hydrogen) atoms. The summed E-state index contributed by atoms with van der Waals surface area (Å²) in [6.45, 7) is 3.39. The fourth-order valence-electron chi connectivity index (χ4n) is 4.92. The molecule has 5 rings (SSSR count). The number of aromatic carboxylic acids is 1. The molecule has 0 aliphatic carbocycles. The molecule has 0 fully saturated rings. The Labute approximate surface area is 210 Å². The lowest BCUT2D eigenvalue weighted by Gasteiger charge is -2.21. The summed E-state index contributed by atoms with van der Waals surface area (Å²) in [6, 6.07) is 6.71. The molecule has 0 saturated heterocycles. The van der Waals surface area contributed by atoms with E-state index in [-0.39, 0.29) is 22.6 Å². The number of carbonyl (C=O) groups is 1. The quantitative estimate of drug-likeness (QED) is 0.360. The number of benzene rings is 2. The summed E-state index contributed by atoms with van der Waals surface area (Å²) in [6.07, 6.45) is 3.62. The van der Waals surface area contributed by atoms with Gasteiger partial charge in [0.05, 0.1) is 23.6 Å². The largest absolute Gasteiger partial charge is 0.494 e. The van der Waals surface area contributed by atoms with Crippen LogP contribution in [0.25, 0.3) is 22.0 Å². The Hall–Kier alpha value is -4.67. The number of nitrogen functional groups attached to an aromatic ring is 2. The number of rotatable bonds is 6. The normalized spacial score (nSPS) is 12.7. The number of aryl methyl sites for hydroxylation is 1. The van der Waals surface area contributed by atoms with E-state index in [2.05, 4.69) is 14.9 Å². The van der Waals surface area contributed by atoms with Crippen LogP contribution in [0, 0.1) is 5.82 Å². The molecule has 11 heteroatoms. The van der Waals surface area contributed by atoms with E-state index in [0.29, 0.717) is 30.0 Å². The monoisotopic (exact) mass is 504 g/mol. The Bertz CT molecular complexity index is 1630. The van der Waals surface area contributed by atoms with Gasteiger partial charge in [-0.15, -0.1) is 0 Å². The van der Waals surface area contributed by atoms with Crippen LogP contribution in [0.5, 0.6) is 5.75 Å². The summed E-state index contributed by atoms with van der Waals surface area (Å²) in [5.41, 5.74) is 14.3. The van der Waals surface area contributed by atoms with Crippen molar-refractivity contribution >= 4 is 34.3 Å². The molecule has 10 nitrogen and oxygen atoms in total. The van der Waals surface area contributed by atoms with Crippen molar-refractivity contribution in [3.8, 4) is 16.9 Å². The molecule has 0 atom stereocenters. The molecule has 1 aliphatic heterocycles. The summed E-state index contributed by atoms with van der Waals surface area (Å²) in [5, 5.41) is 9.40. The molecular weight excluding hydrogens is 479 g/mol. The second kappa shape index (κ2) is 9.08. The topological polar surface area (TPSA) is 150 Å². The highest BCUT2D eigenvalue weighted by atomic mass is 19.1. The number of hydrogen-bond donors (Lipinski definition) is 3. The van der Waals surface area contributed by atoms with Crippen molar-refractivity contribution in [3.05, 3.63) is 69.4 Å². The van der Waals surface area contributed by atoms with Gasteiger partial charge in [-0.1, -0.05) is 6.07 Å². The zero-order valence-electron chi connectivity index (χ0n) is 20.3. The Morgan fingerprint density at radius 2 is 2.05 bits per heavy atom. The van der Waals surface area contributed by atoms with Gasteiger partial charge in [-0.3, -0.25) is 4.79 Å². The van der Waals surface area contributed by atoms with Crippen molar-refractivity contribution in [2.45, 2.75) is 26.4 Å². The van der Waals surface area contributed by atoms with Crippen molar-refractivity contribution in [1.29, 1.82) is 0 Å². The first-order valence-corrected chi connectivity index (χ1v) is 11.7. The molecular formula is C26H25FN6O4. The highest BCUT2D eigenvalue weighted by molar-refractivity contribution is 5.98. The molecule has 0 unspecified atom stereocenters. The molecule has 2 aromatic carbocycles. The van der Waals surface area contributed by atoms with Gasteiger partial charge in [0.25, 0.3) is 0 Å². The number of carboxylic acids is 1. The lowest BCUT2D eigenvalue weighted by atomic mass is 9.97. The number of fused-ring (bicyclic) bond motifs is 2. The Balaban J connectivity index is 1.61. The second-order valence-electron chi connectivity index (χ2n) is 8.78. The maximum atomic E-state index is 15.6. The van der Waals surface area contributed by atoms with Crippen LogP contribution < -0.4 is 26.5 Å². The summed E-state index contributed by atoms with van der Waals surface area (Å²) in [5.74, 6) is -1.42. The molecule has 2 aromatic heterocycles. The first-order valence-electron chi connectivity index (χ1n) is 11.7. The summed E-state index contributed by atoms with van der Waals surface area (Å²) in [4.78, 5) is 34.6. The first kappa shape index (κ1) is 24.0. The van der Waals surface area contributed by atoms with Gasteiger partial charge in [0, 0.05) is 43.3 Å². The molecule has 0 amide bonds. The standard InChI is InChI=1S/C26H25FN6O4/c1-3-32-12-17(25(35)36)22(34)16-9-18(27)20(23(37-2)21(16)32)14-4-5-19-13(8-14)6-7-33(19)11-15-10-30-26(29)31-24(15)28/h4-5,8-10,12H,3,6-7,11H2,1-2H3,(H,35,36)(H4,28,29,30,31). The summed E-state index contributed by atoms with van der Waals surface area (Å²) in [7, 11) is 1.40. The van der Waals surface area contributed by atoms with E-state index in [1.165, 1.54) is 13.3 Å².